The molecule has 1 amide bonds. The van der Waals surface area contributed by atoms with Crippen LogP contribution in [0.2, 0.25) is 0 Å². The fraction of sp³-hybridized carbons (Fsp3) is 0.562. The van der Waals surface area contributed by atoms with Gasteiger partial charge in [0, 0.05) is 25.0 Å². The summed E-state index contributed by atoms with van der Waals surface area (Å²) in [5.41, 5.74) is 6.84. The molecule has 19 heavy (non-hydrogen) atoms. The monoisotopic (exact) mass is 260 g/mol. The topological polar surface area (TPSA) is 46.3 Å². The second-order valence-electron chi connectivity index (χ2n) is 5.67. The maximum Gasteiger partial charge on any atom is 0.227 e. The molecule has 1 aromatic carbocycles. The molecule has 2 atom stereocenters. The Hall–Kier alpha value is -1.35. The van der Waals surface area contributed by atoms with Crippen molar-refractivity contribution in [3.63, 3.8) is 0 Å². The molecule has 1 aliphatic carbocycles. The minimum atomic E-state index is -0.0927. The highest BCUT2D eigenvalue weighted by Gasteiger charge is 2.35. The first-order chi connectivity index (χ1) is 9.13. The molecule has 0 radical (unpaired) electrons. The zero-order chi connectivity index (χ0) is 13.8. The van der Waals surface area contributed by atoms with Gasteiger partial charge in [-0.15, -0.1) is 0 Å². The van der Waals surface area contributed by atoms with E-state index in [0.29, 0.717) is 25.0 Å². The predicted octanol–water partition coefficient (Wildman–Crippen LogP) is 2.41. The van der Waals surface area contributed by atoms with Crippen molar-refractivity contribution in [1.82, 2.24) is 4.90 Å². The van der Waals surface area contributed by atoms with E-state index in [0.717, 1.165) is 0 Å². The van der Waals surface area contributed by atoms with Crippen molar-refractivity contribution in [3.05, 3.63) is 35.9 Å². The van der Waals surface area contributed by atoms with E-state index in [2.05, 4.69) is 19.1 Å². The minimum absolute atomic E-state index is 0.0927. The number of carbonyl (C=O) groups excluding carboxylic acids is 1. The van der Waals surface area contributed by atoms with Crippen LogP contribution in [-0.4, -0.2) is 23.4 Å². The Morgan fingerprint density at radius 3 is 2.47 bits per heavy atom. The van der Waals surface area contributed by atoms with Crippen LogP contribution < -0.4 is 5.73 Å². The normalized spacial score (nSPS) is 17.8. The zero-order valence-electron chi connectivity index (χ0n) is 11.9. The standard InChI is InChI=1S/C16H24N2O/c1-12(10-17)16(19)18(13(2)15-8-9-15)11-14-6-4-3-5-7-14/h3-7,12-13,15H,8-11,17H2,1-2H3. The Balaban J connectivity index is 2.11. The lowest BCUT2D eigenvalue weighted by Gasteiger charge is -2.31. The number of hydrogen-bond acceptors (Lipinski definition) is 2. The van der Waals surface area contributed by atoms with Crippen LogP contribution in [0.15, 0.2) is 30.3 Å². The van der Waals surface area contributed by atoms with Crippen LogP contribution >= 0.6 is 0 Å². The predicted molar refractivity (Wildman–Crippen MR) is 77.4 cm³/mol. The highest BCUT2D eigenvalue weighted by atomic mass is 16.2. The van der Waals surface area contributed by atoms with Gasteiger partial charge in [0.2, 0.25) is 5.91 Å². The fourth-order valence-electron chi connectivity index (χ4n) is 2.42. The van der Waals surface area contributed by atoms with Crippen LogP contribution in [0.25, 0.3) is 0 Å². The van der Waals surface area contributed by atoms with Gasteiger partial charge in [0.25, 0.3) is 0 Å². The number of rotatable bonds is 6. The van der Waals surface area contributed by atoms with E-state index in [-0.39, 0.29) is 11.8 Å². The minimum Gasteiger partial charge on any atom is -0.335 e. The summed E-state index contributed by atoms with van der Waals surface area (Å²) in [6, 6.07) is 10.5. The largest absolute Gasteiger partial charge is 0.335 e. The maximum absolute atomic E-state index is 12.5. The molecule has 0 saturated heterocycles. The van der Waals surface area contributed by atoms with E-state index in [1.807, 2.05) is 30.0 Å². The average Bonchev–Trinajstić information content (AvgIpc) is 3.28. The number of carbonyl (C=O) groups is 1. The molecule has 0 aliphatic heterocycles. The first-order valence-electron chi connectivity index (χ1n) is 7.18. The molecule has 0 aromatic heterocycles. The molecule has 2 unspecified atom stereocenters. The number of amides is 1. The fourth-order valence-corrected chi connectivity index (χ4v) is 2.42. The third kappa shape index (κ3) is 3.57. The molecular formula is C16H24N2O. The van der Waals surface area contributed by atoms with Gasteiger partial charge >= 0.3 is 0 Å². The summed E-state index contributed by atoms with van der Waals surface area (Å²) in [5.74, 6) is 0.772. The van der Waals surface area contributed by atoms with Crippen LogP contribution in [0.5, 0.6) is 0 Å². The molecule has 2 N–H and O–H groups in total. The summed E-state index contributed by atoms with van der Waals surface area (Å²) in [7, 11) is 0. The van der Waals surface area contributed by atoms with Crippen molar-refractivity contribution in [3.8, 4) is 0 Å². The molecule has 0 bridgehead atoms. The van der Waals surface area contributed by atoms with Gasteiger partial charge < -0.3 is 10.6 Å². The van der Waals surface area contributed by atoms with Crippen molar-refractivity contribution in [2.24, 2.45) is 17.6 Å². The van der Waals surface area contributed by atoms with Gasteiger partial charge in [0.1, 0.15) is 0 Å². The van der Waals surface area contributed by atoms with E-state index in [4.69, 9.17) is 5.73 Å². The lowest BCUT2D eigenvalue weighted by Crippen LogP contribution is -2.43. The average molecular weight is 260 g/mol. The second kappa shape index (κ2) is 6.20. The van der Waals surface area contributed by atoms with Gasteiger partial charge in [-0.2, -0.15) is 0 Å². The number of benzene rings is 1. The molecule has 2 rings (SSSR count). The summed E-state index contributed by atoms with van der Waals surface area (Å²) in [4.78, 5) is 14.5. The maximum atomic E-state index is 12.5. The first-order valence-corrected chi connectivity index (χ1v) is 7.18. The Morgan fingerprint density at radius 2 is 1.95 bits per heavy atom. The summed E-state index contributed by atoms with van der Waals surface area (Å²) in [5, 5.41) is 0. The van der Waals surface area contributed by atoms with Gasteiger partial charge in [-0.3, -0.25) is 4.79 Å². The van der Waals surface area contributed by atoms with Gasteiger partial charge in [0.15, 0.2) is 0 Å². The number of hydrogen-bond donors (Lipinski definition) is 1. The Morgan fingerprint density at radius 1 is 1.32 bits per heavy atom. The van der Waals surface area contributed by atoms with Crippen molar-refractivity contribution in [1.29, 1.82) is 0 Å². The lowest BCUT2D eigenvalue weighted by atomic mass is 10.1. The van der Waals surface area contributed by atoms with Crippen molar-refractivity contribution >= 4 is 5.91 Å². The lowest BCUT2D eigenvalue weighted by molar-refractivity contribution is -0.137. The molecule has 1 aromatic rings. The zero-order valence-corrected chi connectivity index (χ0v) is 11.9. The Kier molecular flexibility index (Phi) is 4.59. The molecule has 1 saturated carbocycles. The van der Waals surface area contributed by atoms with Crippen LogP contribution in [0.1, 0.15) is 32.3 Å². The molecular weight excluding hydrogens is 236 g/mol. The summed E-state index contributed by atoms with van der Waals surface area (Å²) in [6.07, 6.45) is 2.49. The second-order valence-corrected chi connectivity index (χ2v) is 5.67. The van der Waals surface area contributed by atoms with Crippen LogP contribution in [0, 0.1) is 11.8 Å². The molecule has 1 aliphatic rings. The third-order valence-corrected chi connectivity index (χ3v) is 4.05. The molecule has 0 spiro atoms. The van der Waals surface area contributed by atoms with Crippen molar-refractivity contribution < 1.29 is 4.79 Å². The number of nitrogens with two attached hydrogens (primary N) is 1. The van der Waals surface area contributed by atoms with Crippen LogP contribution in [0.3, 0.4) is 0 Å². The van der Waals surface area contributed by atoms with Gasteiger partial charge in [-0.05, 0) is 31.2 Å². The van der Waals surface area contributed by atoms with E-state index in [9.17, 15) is 4.79 Å². The summed E-state index contributed by atoms with van der Waals surface area (Å²) >= 11 is 0. The highest BCUT2D eigenvalue weighted by Crippen LogP contribution is 2.36. The summed E-state index contributed by atoms with van der Waals surface area (Å²) < 4.78 is 0. The number of nitrogens with zero attached hydrogens (tertiary/aromatic N) is 1. The molecule has 104 valence electrons. The van der Waals surface area contributed by atoms with Gasteiger partial charge in [-0.25, -0.2) is 0 Å². The smallest absolute Gasteiger partial charge is 0.227 e. The van der Waals surface area contributed by atoms with Gasteiger partial charge in [-0.1, -0.05) is 37.3 Å². The van der Waals surface area contributed by atoms with Crippen LogP contribution in [-0.2, 0) is 11.3 Å². The van der Waals surface area contributed by atoms with E-state index < -0.39 is 0 Å². The van der Waals surface area contributed by atoms with E-state index in [1.54, 1.807) is 0 Å². The van der Waals surface area contributed by atoms with Crippen molar-refractivity contribution in [2.75, 3.05) is 6.54 Å². The first kappa shape index (κ1) is 14.1. The van der Waals surface area contributed by atoms with Crippen LogP contribution in [0.4, 0.5) is 0 Å². The van der Waals surface area contributed by atoms with E-state index >= 15 is 0 Å². The molecule has 0 heterocycles. The molecule has 1 fully saturated rings. The third-order valence-electron chi connectivity index (χ3n) is 4.05. The Bertz CT molecular complexity index is 414. The quantitative estimate of drug-likeness (QED) is 0.853. The van der Waals surface area contributed by atoms with Crippen molar-refractivity contribution in [2.45, 2.75) is 39.3 Å². The summed E-state index contributed by atoms with van der Waals surface area (Å²) in [6.45, 7) is 5.20. The van der Waals surface area contributed by atoms with E-state index in [1.165, 1.54) is 18.4 Å². The molecule has 3 heteroatoms. The molecule has 3 nitrogen and oxygen atoms in total. The highest BCUT2D eigenvalue weighted by molar-refractivity contribution is 5.79. The van der Waals surface area contributed by atoms with Gasteiger partial charge in [0.05, 0.1) is 0 Å². The SMILES string of the molecule is CC(CN)C(=O)N(Cc1ccccc1)C(C)C1CC1. The Labute approximate surface area is 115 Å².